The number of ether oxygens (including phenoxy) is 2. The third-order valence-electron chi connectivity index (χ3n) is 3.52. The van der Waals surface area contributed by atoms with E-state index in [4.69, 9.17) is 9.47 Å². The minimum absolute atomic E-state index is 0.133. The van der Waals surface area contributed by atoms with Crippen LogP contribution in [0, 0.1) is 6.92 Å². The van der Waals surface area contributed by atoms with E-state index in [0.717, 1.165) is 16.9 Å². The molecule has 0 atom stereocenters. The lowest BCUT2D eigenvalue weighted by Crippen LogP contribution is -2.41. The SMILES string of the molecule is CCc1sc(C(=O)NNS(=O)(=O)c2cc(OC)ccc2OC)cc1C. The number of hydrogen-bond donors (Lipinski definition) is 2. The number of aryl methyl sites for hydroxylation is 2. The van der Waals surface area contributed by atoms with Crippen LogP contribution in [0.3, 0.4) is 0 Å². The van der Waals surface area contributed by atoms with Crippen LogP contribution in [0.15, 0.2) is 29.2 Å². The van der Waals surface area contributed by atoms with Crippen LogP contribution in [0.2, 0.25) is 0 Å². The van der Waals surface area contributed by atoms with Gasteiger partial charge in [-0.2, -0.15) is 0 Å². The summed E-state index contributed by atoms with van der Waals surface area (Å²) < 4.78 is 35.1. The highest BCUT2D eigenvalue weighted by Gasteiger charge is 2.22. The number of amides is 1. The van der Waals surface area contributed by atoms with E-state index in [1.807, 2.05) is 13.8 Å². The van der Waals surface area contributed by atoms with Gasteiger partial charge in [0.25, 0.3) is 15.9 Å². The van der Waals surface area contributed by atoms with Crippen molar-refractivity contribution in [3.05, 3.63) is 39.6 Å². The molecular formula is C16H20N2O5S2. The van der Waals surface area contributed by atoms with Gasteiger partial charge < -0.3 is 9.47 Å². The summed E-state index contributed by atoms with van der Waals surface area (Å²) in [4.78, 5) is 15.7. The van der Waals surface area contributed by atoms with Crippen LogP contribution in [0.4, 0.5) is 0 Å². The third-order valence-corrected chi connectivity index (χ3v) is 6.17. The maximum Gasteiger partial charge on any atom is 0.276 e. The molecule has 1 aromatic heterocycles. The molecule has 0 unspecified atom stereocenters. The molecule has 1 heterocycles. The summed E-state index contributed by atoms with van der Waals surface area (Å²) in [6, 6.07) is 6.11. The second-order valence-electron chi connectivity index (χ2n) is 5.15. The van der Waals surface area contributed by atoms with Gasteiger partial charge in [-0.15, -0.1) is 16.2 Å². The molecule has 0 aliphatic carbocycles. The van der Waals surface area contributed by atoms with E-state index in [1.165, 1.54) is 37.7 Å². The number of sulfonamides is 1. The van der Waals surface area contributed by atoms with Gasteiger partial charge in [0.05, 0.1) is 19.1 Å². The first kappa shape index (κ1) is 19.2. The van der Waals surface area contributed by atoms with E-state index >= 15 is 0 Å². The molecule has 2 rings (SSSR count). The van der Waals surface area contributed by atoms with Crippen molar-refractivity contribution < 1.29 is 22.7 Å². The fourth-order valence-corrected chi connectivity index (χ4v) is 4.24. The third kappa shape index (κ3) is 4.30. The van der Waals surface area contributed by atoms with Crippen LogP contribution < -0.4 is 19.7 Å². The Bertz CT molecular complexity index is 875. The van der Waals surface area contributed by atoms with Crippen molar-refractivity contribution in [1.29, 1.82) is 0 Å². The second kappa shape index (κ2) is 7.85. The summed E-state index contributed by atoms with van der Waals surface area (Å²) >= 11 is 1.34. The Morgan fingerprint density at radius 1 is 1.20 bits per heavy atom. The summed E-state index contributed by atoms with van der Waals surface area (Å²) in [5.41, 5.74) is 3.24. The van der Waals surface area contributed by atoms with E-state index in [2.05, 4.69) is 10.3 Å². The van der Waals surface area contributed by atoms with Gasteiger partial charge in [0.15, 0.2) is 0 Å². The van der Waals surface area contributed by atoms with Gasteiger partial charge in [-0.3, -0.25) is 10.2 Å². The molecule has 9 heteroatoms. The molecule has 1 aromatic carbocycles. The fraction of sp³-hybridized carbons (Fsp3) is 0.312. The number of nitrogens with one attached hydrogen (secondary N) is 2. The van der Waals surface area contributed by atoms with Crippen LogP contribution in [-0.2, 0) is 16.4 Å². The molecule has 0 saturated heterocycles. The molecule has 2 N–H and O–H groups in total. The number of thiophene rings is 1. The van der Waals surface area contributed by atoms with E-state index in [9.17, 15) is 13.2 Å². The Labute approximate surface area is 151 Å². The summed E-state index contributed by atoms with van der Waals surface area (Å²) in [5.74, 6) is -0.0185. The van der Waals surface area contributed by atoms with E-state index < -0.39 is 15.9 Å². The smallest absolute Gasteiger partial charge is 0.276 e. The number of hydrazine groups is 1. The molecule has 2 aromatic rings. The molecular weight excluding hydrogens is 364 g/mol. The van der Waals surface area contributed by atoms with Gasteiger partial charge in [0.2, 0.25) is 0 Å². The maximum absolute atomic E-state index is 12.5. The van der Waals surface area contributed by atoms with Crippen LogP contribution >= 0.6 is 11.3 Å². The molecule has 0 saturated carbocycles. The first-order valence-electron chi connectivity index (χ1n) is 7.45. The van der Waals surface area contributed by atoms with Crippen LogP contribution in [0.25, 0.3) is 0 Å². The van der Waals surface area contributed by atoms with Gasteiger partial charge >= 0.3 is 0 Å². The Morgan fingerprint density at radius 2 is 1.92 bits per heavy atom. The van der Waals surface area contributed by atoms with Crippen molar-refractivity contribution in [2.24, 2.45) is 0 Å². The highest BCUT2D eigenvalue weighted by atomic mass is 32.2. The number of carbonyl (C=O) groups excluding carboxylic acids is 1. The number of benzene rings is 1. The number of carbonyl (C=O) groups is 1. The van der Waals surface area contributed by atoms with Gasteiger partial charge in [0.1, 0.15) is 16.4 Å². The molecule has 7 nitrogen and oxygen atoms in total. The zero-order chi connectivity index (χ0) is 18.6. The summed E-state index contributed by atoms with van der Waals surface area (Å²) in [5, 5.41) is 0. The Morgan fingerprint density at radius 3 is 2.48 bits per heavy atom. The summed E-state index contributed by atoms with van der Waals surface area (Å²) in [6.45, 7) is 3.91. The number of rotatable bonds is 7. The Hall–Kier alpha value is -2.10. The molecule has 0 fully saturated rings. The topological polar surface area (TPSA) is 93.7 Å². The first-order valence-corrected chi connectivity index (χ1v) is 9.75. The minimum atomic E-state index is -4.03. The normalized spacial score (nSPS) is 11.2. The average Bonchev–Trinajstić information content (AvgIpc) is 3.00. The quantitative estimate of drug-likeness (QED) is 0.714. The Kier molecular flexibility index (Phi) is 6.04. The van der Waals surface area contributed by atoms with Crippen molar-refractivity contribution in [3.8, 4) is 11.5 Å². The minimum Gasteiger partial charge on any atom is -0.497 e. The van der Waals surface area contributed by atoms with Crippen molar-refractivity contribution in [1.82, 2.24) is 10.3 Å². The highest BCUT2D eigenvalue weighted by molar-refractivity contribution is 7.89. The van der Waals surface area contributed by atoms with Crippen LogP contribution in [0.5, 0.6) is 11.5 Å². The van der Waals surface area contributed by atoms with E-state index in [0.29, 0.717) is 10.6 Å². The maximum atomic E-state index is 12.5. The first-order chi connectivity index (χ1) is 11.8. The molecule has 0 spiro atoms. The molecule has 0 aliphatic heterocycles. The van der Waals surface area contributed by atoms with Crippen molar-refractivity contribution in [3.63, 3.8) is 0 Å². The van der Waals surface area contributed by atoms with Gasteiger partial charge in [0, 0.05) is 10.9 Å². The lowest BCUT2D eigenvalue weighted by Gasteiger charge is -2.12. The van der Waals surface area contributed by atoms with Gasteiger partial charge in [-0.25, -0.2) is 8.42 Å². The van der Waals surface area contributed by atoms with E-state index in [1.54, 1.807) is 12.1 Å². The van der Waals surface area contributed by atoms with Gasteiger partial charge in [-0.1, -0.05) is 6.92 Å². The molecule has 0 aliphatic rings. The predicted molar refractivity (Wildman–Crippen MR) is 95.8 cm³/mol. The molecule has 0 bridgehead atoms. The van der Waals surface area contributed by atoms with Crippen LogP contribution in [-0.4, -0.2) is 28.5 Å². The average molecular weight is 384 g/mol. The van der Waals surface area contributed by atoms with Crippen molar-refractivity contribution in [2.75, 3.05) is 14.2 Å². The van der Waals surface area contributed by atoms with Crippen molar-refractivity contribution in [2.45, 2.75) is 25.2 Å². The van der Waals surface area contributed by atoms with Gasteiger partial charge in [-0.05, 0) is 37.1 Å². The fourth-order valence-electron chi connectivity index (χ4n) is 2.21. The number of methoxy groups -OCH3 is 2. The zero-order valence-corrected chi connectivity index (χ0v) is 16.0. The molecule has 136 valence electrons. The Balaban J connectivity index is 2.20. The summed E-state index contributed by atoms with van der Waals surface area (Å²) in [7, 11) is -1.24. The second-order valence-corrected chi connectivity index (χ2v) is 7.93. The monoisotopic (exact) mass is 384 g/mol. The highest BCUT2D eigenvalue weighted by Crippen LogP contribution is 2.28. The molecule has 0 radical (unpaired) electrons. The lowest BCUT2D eigenvalue weighted by molar-refractivity contribution is 0.0949. The summed E-state index contributed by atoms with van der Waals surface area (Å²) in [6.07, 6.45) is 0.816. The molecule has 1 amide bonds. The zero-order valence-electron chi connectivity index (χ0n) is 14.4. The largest absolute Gasteiger partial charge is 0.497 e. The lowest BCUT2D eigenvalue weighted by atomic mass is 10.2. The standard InChI is InChI=1S/C16H20N2O5S2/c1-5-13-10(2)8-14(24-13)16(19)17-18-25(20,21)15-9-11(22-3)6-7-12(15)23-4/h6-9,18H,5H2,1-4H3,(H,17,19). The number of hydrogen-bond acceptors (Lipinski definition) is 6. The van der Waals surface area contributed by atoms with Crippen LogP contribution in [0.1, 0.15) is 27.0 Å². The van der Waals surface area contributed by atoms with Crippen molar-refractivity contribution >= 4 is 27.3 Å². The van der Waals surface area contributed by atoms with E-state index in [-0.39, 0.29) is 10.6 Å². The predicted octanol–water partition coefficient (Wildman–Crippen LogP) is 2.26. The molecule has 25 heavy (non-hydrogen) atoms.